The van der Waals surface area contributed by atoms with Gasteiger partial charge in [-0.3, -0.25) is 20.1 Å². The topological polar surface area (TPSA) is 69.5 Å². The van der Waals surface area contributed by atoms with Gasteiger partial charge in [0.1, 0.15) is 5.69 Å². The first-order chi connectivity index (χ1) is 17.2. The maximum Gasteiger partial charge on any atom is 0.111 e. The van der Waals surface area contributed by atoms with E-state index in [0.29, 0.717) is 5.92 Å². The number of aliphatic imine (C=N–C) groups is 2. The van der Waals surface area contributed by atoms with Crippen LogP contribution in [0.25, 0.3) is 27.6 Å². The molecule has 7 heteroatoms. The maximum absolute atomic E-state index is 4.88. The van der Waals surface area contributed by atoms with Gasteiger partial charge in [-0.2, -0.15) is 16.4 Å². The summed E-state index contributed by atoms with van der Waals surface area (Å²) in [6, 6.07) is 8.60. The molecule has 1 saturated heterocycles. The molecule has 0 bridgehead atoms. The van der Waals surface area contributed by atoms with Crippen LogP contribution in [0.1, 0.15) is 36.1 Å². The minimum Gasteiger partial charge on any atom is -0.303 e. The van der Waals surface area contributed by atoms with E-state index >= 15 is 0 Å². The van der Waals surface area contributed by atoms with Crippen LogP contribution in [0, 0.1) is 12.8 Å². The third kappa shape index (κ3) is 4.61. The van der Waals surface area contributed by atoms with Gasteiger partial charge < -0.3 is 4.90 Å². The largest absolute Gasteiger partial charge is 0.303 e. The van der Waals surface area contributed by atoms with Gasteiger partial charge in [-0.15, -0.1) is 0 Å². The lowest BCUT2D eigenvalue weighted by Gasteiger charge is -2.23. The summed E-state index contributed by atoms with van der Waals surface area (Å²) in [7, 11) is 0. The van der Waals surface area contributed by atoms with Crippen LogP contribution in [0.15, 0.2) is 63.6 Å². The zero-order chi connectivity index (χ0) is 23.6. The van der Waals surface area contributed by atoms with Gasteiger partial charge in [0.2, 0.25) is 0 Å². The van der Waals surface area contributed by atoms with Crippen LogP contribution in [-0.2, 0) is 0 Å². The second kappa shape index (κ2) is 9.68. The average Bonchev–Trinajstić information content (AvgIpc) is 3.66. The molecule has 0 aliphatic carbocycles. The zero-order valence-electron chi connectivity index (χ0n) is 19.8. The molecular weight excluding hydrogens is 452 g/mol. The van der Waals surface area contributed by atoms with Gasteiger partial charge in [-0.25, -0.2) is 0 Å². The van der Waals surface area contributed by atoms with Crippen molar-refractivity contribution in [1.82, 2.24) is 20.1 Å². The van der Waals surface area contributed by atoms with E-state index in [-0.39, 0.29) is 0 Å². The molecule has 0 radical (unpaired) electrons. The number of H-pyrrole nitrogens is 1. The highest BCUT2D eigenvalue weighted by Crippen LogP contribution is 2.34. The summed E-state index contributed by atoms with van der Waals surface area (Å²) in [5.41, 5.74) is 8.48. The molecule has 1 N–H and O–H groups in total. The van der Waals surface area contributed by atoms with Crippen LogP contribution in [0.2, 0.25) is 0 Å². The van der Waals surface area contributed by atoms with Crippen LogP contribution >= 0.6 is 11.3 Å². The van der Waals surface area contributed by atoms with Crippen molar-refractivity contribution in [3.63, 3.8) is 0 Å². The van der Waals surface area contributed by atoms with Crippen molar-refractivity contribution in [2.24, 2.45) is 15.9 Å². The molecule has 5 heterocycles. The van der Waals surface area contributed by atoms with Gasteiger partial charge in [0.15, 0.2) is 0 Å². The summed E-state index contributed by atoms with van der Waals surface area (Å²) >= 11 is 1.68. The van der Waals surface area contributed by atoms with Crippen molar-refractivity contribution in [2.45, 2.75) is 26.2 Å². The Kier molecular flexibility index (Phi) is 6.10. The number of rotatable bonds is 6. The molecule has 3 aromatic heterocycles. The Labute approximate surface area is 209 Å². The molecule has 2 aliphatic rings. The number of allylic oxidation sites excluding steroid dienone is 1. The van der Waals surface area contributed by atoms with Crippen molar-refractivity contribution in [2.75, 3.05) is 19.6 Å². The average molecular weight is 481 g/mol. The normalized spacial score (nSPS) is 18.7. The van der Waals surface area contributed by atoms with Gasteiger partial charge in [-0.1, -0.05) is 6.07 Å². The van der Waals surface area contributed by atoms with E-state index in [2.05, 4.69) is 66.3 Å². The molecule has 1 fully saturated rings. The molecule has 2 aliphatic heterocycles. The lowest BCUT2D eigenvalue weighted by Crippen LogP contribution is -2.28. The lowest BCUT2D eigenvalue weighted by atomic mass is 9.92. The smallest absolute Gasteiger partial charge is 0.111 e. The number of aromatic amines is 1. The van der Waals surface area contributed by atoms with Gasteiger partial charge in [0.05, 0.1) is 17.4 Å². The van der Waals surface area contributed by atoms with E-state index in [1.807, 2.05) is 31.7 Å². The second-order valence-corrected chi connectivity index (χ2v) is 10.2. The number of benzene rings is 1. The van der Waals surface area contributed by atoms with Gasteiger partial charge >= 0.3 is 0 Å². The molecule has 0 amide bonds. The molecule has 4 aromatic rings. The van der Waals surface area contributed by atoms with E-state index in [0.717, 1.165) is 51.9 Å². The van der Waals surface area contributed by atoms with Gasteiger partial charge in [0.25, 0.3) is 0 Å². The number of pyridine rings is 1. The van der Waals surface area contributed by atoms with Crippen molar-refractivity contribution in [3.8, 4) is 11.1 Å². The van der Waals surface area contributed by atoms with Crippen LogP contribution in [0.4, 0.5) is 5.69 Å². The van der Waals surface area contributed by atoms with Crippen LogP contribution in [-0.4, -0.2) is 52.1 Å². The molecule has 0 spiro atoms. The molecule has 1 unspecified atom stereocenters. The highest BCUT2D eigenvalue weighted by atomic mass is 32.1. The van der Waals surface area contributed by atoms with Crippen LogP contribution in [0.3, 0.4) is 0 Å². The number of hydrogen-bond acceptors (Lipinski definition) is 6. The summed E-state index contributed by atoms with van der Waals surface area (Å²) in [5.74, 6) is 0.472. The molecule has 35 heavy (non-hydrogen) atoms. The van der Waals surface area contributed by atoms with Crippen molar-refractivity contribution in [3.05, 3.63) is 70.4 Å². The summed E-state index contributed by atoms with van der Waals surface area (Å²) in [6.45, 7) is 5.59. The minimum absolute atomic E-state index is 0.472. The predicted octanol–water partition coefficient (Wildman–Crippen LogP) is 6.27. The highest BCUT2D eigenvalue weighted by Gasteiger charge is 2.20. The highest BCUT2D eigenvalue weighted by molar-refractivity contribution is 7.08. The number of aryl methyl sites for hydroxylation is 1. The number of thiophene rings is 1. The first kappa shape index (κ1) is 22.1. The standard InChI is InChI=1S/C28H28N6S/c1-19-12-29-15-25(22-6-9-35-18-22)28(19)31-16-27-24-11-21(4-5-26(24)32-33-27)23-10-20(13-30-14-23)17-34-7-2-3-8-34/h4-6,9,11-16,18,20H,2-3,7-8,10,17H2,1H3,(H,32,33)/b31-16+. The number of aromatic nitrogens is 3. The molecule has 6 nitrogen and oxygen atoms in total. The first-order valence-electron chi connectivity index (χ1n) is 12.2. The van der Waals surface area contributed by atoms with Crippen molar-refractivity contribution < 1.29 is 0 Å². The molecule has 1 aromatic carbocycles. The Hall–Kier alpha value is -3.42. The number of likely N-dealkylation sites (tertiary alicyclic amines) is 1. The molecule has 1 atom stereocenters. The number of hydrogen-bond donors (Lipinski definition) is 1. The second-order valence-electron chi connectivity index (χ2n) is 9.42. The predicted molar refractivity (Wildman–Crippen MR) is 146 cm³/mol. The molecule has 176 valence electrons. The van der Waals surface area contributed by atoms with E-state index in [4.69, 9.17) is 4.99 Å². The van der Waals surface area contributed by atoms with Crippen LogP contribution in [0.5, 0.6) is 0 Å². The molecule has 6 rings (SSSR count). The van der Waals surface area contributed by atoms with Gasteiger partial charge in [-0.05, 0) is 90.5 Å². The zero-order valence-corrected chi connectivity index (χ0v) is 20.6. The Balaban J connectivity index is 1.28. The van der Waals surface area contributed by atoms with E-state index in [1.165, 1.54) is 37.1 Å². The Morgan fingerprint density at radius 3 is 2.94 bits per heavy atom. The SMILES string of the molecule is Cc1cncc(-c2ccsc2)c1/N=C/c1n[nH]c2ccc(C3=CN=CC(CN4CCCC4)C3)cc12. The first-order valence-corrected chi connectivity index (χ1v) is 13.1. The summed E-state index contributed by atoms with van der Waals surface area (Å²) in [4.78, 5) is 16.4. The Morgan fingerprint density at radius 1 is 1.17 bits per heavy atom. The van der Waals surface area contributed by atoms with Crippen molar-refractivity contribution in [1.29, 1.82) is 0 Å². The molecule has 0 saturated carbocycles. The third-order valence-corrected chi connectivity index (χ3v) is 7.60. The quantitative estimate of drug-likeness (QED) is 0.331. The Morgan fingerprint density at radius 2 is 2.09 bits per heavy atom. The van der Waals surface area contributed by atoms with Gasteiger partial charge in [0, 0.05) is 48.2 Å². The fraction of sp³-hybridized carbons (Fsp3) is 0.286. The van der Waals surface area contributed by atoms with E-state index in [1.54, 1.807) is 11.3 Å². The van der Waals surface area contributed by atoms with E-state index < -0.39 is 0 Å². The fourth-order valence-electron chi connectivity index (χ4n) is 5.06. The van der Waals surface area contributed by atoms with Crippen molar-refractivity contribution >= 4 is 45.9 Å². The Bertz CT molecular complexity index is 1420. The molecular formula is C28H28N6S. The monoisotopic (exact) mass is 480 g/mol. The number of nitrogens with zero attached hydrogens (tertiary/aromatic N) is 5. The summed E-state index contributed by atoms with van der Waals surface area (Å²) in [6.07, 6.45) is 13.4. The van der Waals surface area contributed by atoms with Crippen LogP contribution < -0.4 is 0 Å². The summed E-state index contributed by atoms with van der Waals surface area (Å²) < 4.78 is 0. The minimum atomic E-state index is 0.472. The number of fused-ring (bicyclic) bond motifs is 1. The van der Waals surface area contributed by atoms with E-state index in [9.17, 15) is 0 Å². The maximum atomic E-state index is 4.88. The summed E-state index contributed by atoms with van der Waals surface area (Å²) in [5, 5.41) is 13.0. The fourth-order valence-corrected chi connectivity index (χ4v) is 5.72. The number of nitrogens with one attached hydrogen (secondary N) is 1. The lowest BCUT2D eigenvalue weighted by molar-refractivity contribution is 0.314. The third-order valence-electron chi connectivity index (χ3n) is 6.91.